The summed E-state index contributed by atoms with van der Waals surface area (Å²) < 4.78 is 5.01. The maximum absolute atomic E-state index is 8.39. The first-order valence-electron chi connectivity index (χ1n) is 3.44. The SMILES string of the molecule is CN/C(N)=N\C(C)OCCO. The van der Waals surface area contributed by atoms with Crippen LogP contribution < -0.4 is 11.1 Å². The van der Waals surface area contributed by atoms with Crippen molar-refractivity contribution in [1.82, 2.24) is 5.32 Å². The zero-order chi connectivity index (χ0) is 8.69. The molecule has 0 aromatic heterocycles. The van der Waals surface area contributed by atoms with Crippen LogP contribution in [-0.4, -0.2) is 37.6 Å². The van der Waals surface area contributed by atoms with Crippen LogP contribution in [0.3, 0.4) is 0 Å². The highest BCUT2D eigenvalue weighted by atomic mass is 16.5. The number of aliphatic hydroxyl groups excluding tert-OH is 1. The van der Waals surface area contributed by atoms with Gasteiger partial charge in [0.15, 0.2) is 5.96 Å². The first-order valence-corrected chi connectivity index (χ1v) is 3.44. The van der Waals surface area contributed by atoms with Crippen molar-refractivity contribution in [2.24, 2.45) is 10.7 Å². The molecule has 0 spiro atoms. The van der Waals surface area contributed by atoms with Gasteiger partial charge in [0.05, 0.1) is 13.2 Å². The van der Waals surface area contributed by atoms with E-state index in [2.05, 4.69) is 10.3 Å². The fourth-order valence-corrected chi connectivity index (χ4v) is 0.521. The molecule has 66 valence electrons. The van der Waals surface area contributed by atoms with Crippen molar-refractivity contribution in [3.05, 3.63) is 0 Å². The Morgan fingerprint density at radius 1 is 1.82 bits per heavy atom. The van der Waals surface area contributed by atoms with Crippen LogP contribution in [-0.2, 0) is 4.74 Å². The lowest BCUT2D eigenvalue weighted by atomic mass is 10.6. The van der Waals surface area contributed by atoms with Crippen molar-refractivity contribution in [2.45, 2.75) is 13.2 Å². The Kier molecular flexibility index (Phi) is 5.50. The first kappa shape index (κ1) is 10.2. The van der Waals surface area contributed by atoms with E-state index >= 15 is 0 Å². The lowest BCUT2D eigenvalue weighted by Crippen LogP contribution is -2.29. The third-order valence-electron chi connectivity index (χ3n) is 1.03. The Morgan fingerprint density at radius 2 is 2.45 bits per heavy atom. The molecule has 1 unspecified atom stereocenters. The van der Waals surface area contributed by atoms with Gasteiger partial charge in [-0.25, -0.2) is 4.99 Å². The second-order valence-corrected chi connectivity index (χ2v) is 1.96. The minimum atomic E-state index is -0.311. The highest BCUT2D eigenvalue weighted by molar-refractivity contribution is 5.77. The maximum Gasteiger partial charge on any atom is 0.190 e. The van der Waals surface area contributed by atoms with Gasteiger partial charge in [-0.2, -0.15) is 0 Å². The van der Waals surface area contributed by atoms with Gasteiger partial charge in [0.1, 0.15) is 6.23 Å². The van der Waals surface area contributed by atoms with Crippen LogP contribution in [0.5, 0.6) is 0 Å². The highest BCUT2D eigenvalue weighted by Gasteiger charge is 1.97. The molecular weight excluding hydrogens is 146 g/mol. The van der Waals surface area contributed by atoms with Crippen LogP contribution >= 0.6 is 0 Å². The minimum Gasteiger partial charge on any atom is -0.394 e. The molecule has 0 aromatic carbocycles. The summed E-state index contributed by atoms with van der Waals surface area (Å²) in [4.78, 5) is 3.88. The molecule has 0 fully saturated rings. The quantitative estimate of drug-likeness (QED) is 0.360. The number of guanidine groups is 1. The molecule has 0 aliphatic carbocycles. The fourth-order valence-electron chi connectivity index (χ4n) is 0.521. The number of rotatable bonds is 4. The third kappa shape index (κ3) is 5.63. The van der Waals surface area contributed by atoms with Gasteiger partial charge < -0.3 is 20.9 Å². The van der Waals surface area contributed by atoms with Crippen LogP contribution in [0.2, 0.25) is 0 Å². The molecule has 0 radical (unpaired) electrons. The zero-order valence-corrected chi connectivity index (χ0v) is 6.87. The number of nitrogens with zero attached hydrogens (tertiary/aromatic N) is 1. The summed E-state index contributed by atoms with van der Waals surface area (Å²) in [5.74, 6) is 0.329. The Hall–Kier alpha value is -0.810. The van der Waals surface area contributed by atoms with Crippen LogP contribution in [0.1, 0.15) is 6.92 Å². The predicted molar refractivity (Wildman–Crippen MR) is 43.2 cm³/mol. The lowest BCUT2D eigenvalue weighted by molar-refractivity contribution is 0.0441. The van der Waals surface area contributed by atoms with Crippen molar-refractivity contribution in [3.63, 3.8) is 0 Å². The van der Waals surface area contributed by atoms with E-state index in [-0.39, 0.29) is 19.4 Å². The lowest BCUT2D eigenvalue weighted by Gasteiger charge is -2.07. The third-order valence-corrected chi connectivity index (χ3v) is 1.03. The largest absolute Gasteiger partial charge is 0.394 e. The number of hydrogen-bond donors (Lipinski definition) is 3. The highest BCUT2D eigenvalue weighted by Crippen LogP contribution is 1.90. The van der Waals surface area contributed by atoms with Gasteiger partial charge in [-0.1, -0.05) is 0 Å². The Balaban J connectivity index is 3.57. The number of nitrogens with one attached hydrogen (secondary N) is 1. The van der Waals surface area contributed by atoms with E-state index in [4.69, 9.17) is 15.6 Å². The Bertz CT molecular complexity index is 127. The predicted octanol–water partition coefficient (Wildman–Crippen LogP) is -1.12. The molecule has 0 amide bonds. The van der Waals surface area contributed by atoms with E-state index in [1.807, 2.05) is 0 Å². The van der Waals surface area contributed by atoms with E-state index in [9.17, 15) is 0 Å². The molecular formula is C6H15N3O2. The maximum atomic E-state index is 8.39. The molecule has 0 heterocycles. The van der Waals surface area contributed by atoms with Gasteiger partial charge in [0.25, 0.3) is 0 Å². The smallest absolute Gasteiger partial charge is 0.190 e. The van der Waals surface area contributed by atoms with E-state index < -0.39 is 0 Å². The van der Waals surface area contributed by atoms with Crippen molar-refractivity contribution < 1.29 is 9.84 Å². The Morgan fingerprint density at radius 3 is 2.91 bits per heavy atom. The molecule has 0 aliphatic heterocycles. The molecule has 0 aromatic rings. The molecule has 0 bridgehead atoms. The number of hydrogen-bond acceptors (Lipinski definition) is 3. The van der Waals surface area contributed by atoms with E-state index in [1.165, 1.54) is 0 Å². The number of aliphatic imine (C=N–C) groups is 1. The molecule has 0 rings (SSSR count). The molecule has 5 heteroatoms. The number of nitrogens with two attached hydrogens (primary N) is 1. The van der Waals surface area contributed by atoms with E-state index in [1.54, 1.807) is 14.0 Å². The van der Waals surface area contributed by atoms with Gasteiger partial charge in [0.2, 0.25) is 0 Å². The van der Waals surface area contributed by atoms with Gasteiger partial charge >= 0.3 is 0 Å². The van der Waals surface area contributed by atoms with Crippen LogP contribution in [0.15, 0.2) is 4.99 Å². The summed E-state index contributed by atoms with van der Waals surface area (Å²) in [6.07, 6.45) is -0.311. The summed E-state index contributed by atoms with van der Waals surface area (Å²) in [5, 5.41) is 11.0. The number of aliphatic hydroxyl groups is 1. The van der Waals surface area contributed by atoms with Gasteiger partial charge in [0, 0.05) is 7.05 Å². The molecule has 5 nitrogen and oxygen atoms in total. The zero-order valence-electron chi connectivity index (χ0n) is 6.87. The molecule has 0 saturated heterocycles. The summed E-state index contributed by atoms with van der Waals surface area (Å²) in [6.45, 7) is 2.03. The van der Waals surface area contributed by atoms with Crippen molar-refractivity contribution in [3.8, 4) is 0 Å². The summed E-state index contributed by atoms with van der Waals surface area (Å²) >= 11 is 0. The monoisotopic (exact) mass is 161 g/mol. The van der Waals surface area contributed by atoms with Crippen molar-refractivity contribution in [1.29, 1.82) is 0 Å². The van der Waals surface area contributed by atoms with Crippen molar-refractivity contribution >= 4 is 5.96 Å². The standard InChI is InChI=1S/C6H15N3O2/c1-5(11-4-3-10)9-6(7)8-2/h5,10H,3-4H2,1-2H3,(H3,7,8,9). The van der Waals surface area contributed by atoms with Gasteiger partial charge in [-0.15, -0.1) is 0 Å². The topological polar surface area (TPSA) is 79.9 Å². The van der Waals surface area contributed by atoms with Gasteiger partial charge in [-0.3, -0.25) is 0 Å². The summed E-state index contributed by atoms with van der Waals surface area (Å²) in [5.41, 5.74) is 5.34. The fraction of sp³-hybridized carbons (Fsp3) is 0.833. The first-order chi connectivity index (χ1) is 5.20. The average molecular weight is 161 g/mol. The normalized spacial score (nSPS) is 14.6. The number of ether oxygens (including phenoxy) is 1. The van der Waals surface area contributed by atoms with E-state index in [0.29, 0.717) is 5.96 Å². The summed E-state index contributed by atoms with van der Waals surface area (Å²) in [7, 11) is 1.68. The van der Waals surface area contributed by atoms with Crippen molar-refractivity contribution in [2.75, 3.05) is 20.3 Å². The second kappa shape index (κ2) is 5.94. The molecule has 0 saturated carbocycles. The average Bonchev–Trinajstić information content (AvgIpc) is 2.00. The van der Waals surface area contributed by atoms with Crippen LogP contribution in [0, 0.1) is 0 Å². The van der Waals surface area contributed by atoms with Crippen LogP contribution in [0.25, 0.3) is 0 Å². The van der Waals surface area contributed by atoms with Crippen LogP contribution in [0.4, 0.5) is 0 Å². The van der Waals surface area contributed by atoms with E-state index in [0.717, 1.165) is 0 Å². The molecule has 1 atom stereocenters. The molecule has 0 aliphatic rings. The van der Waals surface area contributed by atoms with Gasteiger partial charge in [-0.05, 0) is 6.92 Å². The Labute approximate surface area is 66.3 Å². The summed E-state index contributed by atoms with van der Waals surface area (Å²) in [6, 6.07) is 0. The molecule has 11 heavy (non-hydrogen) atoms. The molecule has 4 N–H and O–H groups in total. The minimum absolute atomic E-state index is 0.000676. The second-order valence-electron chi connectivity index (χ2n) is 1.96.